The number of benzene rings is 1. The van der Waals surface area contributed by atoms with Gasteiger partial charge in [0.1, 0.15) is 0 Å². The topological polar surface area (TPSA) is 63.4 Å². The van der Waals surface area contributed by atoms with Gasteiger partial charge in [0.25, 0.3) is 0 Å². The maximum atomic E-state index is 13.1. The molecule has 2 rings (SSSR count). The number of hydrogen-bond donors (Lipinski definition) is 1. The SMILES string of the molecule is CC1CN(S(=O)(=O)c2ccc(F)c(F)c2)CC1N.Cl. The van der Waals surface area contributed by atoms with Gasteiger partial charge in [0, 0.05) is 19.1 Å². The van der Waals surface area contributed by atoms with Crippen LogP contribution in [0.3, 0.4) is 0 Å². The summed E-state index contributed by atoms with van der Waals surface area (Å²) in [6.45, 7) is 2.34. The summed E-state index contributed by atoms with van der Waals surface area (Å²) in [4.78, 5) is -0.247. The number of halogens is 3. The molecule has 1 aliphatic heterocycles. The Morgan fingerprint density at radius 1 is 1.26 bits per heavy atom. The van der Waals surface area contributed by atoms with Crippen molar-refractivity contribution >= 4 is 22.4 Å². The number of hydrogen-bond acceptors (Lipinski definition) is 3. The van der Waals surface area contributed by atoms with Crippen LogP contribution < -0.4 is 5.73 Å². The van der Waals surface area contributed by atoms with Crippen LogP contribution in [-0.4, -0.2) is 31.9 Å². The van der Waals surface area contributed by atoms with Gasteiger partial charge in [0.2, 0.25) is 10.0 Å². The van der Waals surface area contributed by atoms with Crippen LogP contribution in [0.1, 0.15) is 6.92 Å². The maximum Gasteiger partial charge on any atom is 0.243 e. The van der Waals surface area contributed by atoms with Crippen LogP contribution in [0.4, 0.5) is 8.78 Å². The van der Waals surface area contributed by atoms with E-state index in [9.17, 15) is 17.2 Å². The van der Waals surface area contributed by atoms with Gasteiger partial charge >= 0.3 is 0 Å². The summed E-state index contributed by atoms with van der Waals surface area (Å²) in [5.41, 5.74) is 5.76. The molecular formula is C11H15ClF2N2O2S. The summed E-state index contributed by atoms with van der Waals surface area (Å²) in [5, 5.41) is 0. The van der Waals surface area contributed by atoms with E-state index in [-0.39, 0.29) is 35.8 Å². The van der Waals surface area contributed by atoms with E-state index >= 15 is 0 Å². The summed E-state index contributed by atoms with van der Waals surface area (Å²) in [6, 6.07) is 2.33. The highest BCUT2D eigenvalue weighted by Crippen LogP contribution is 2.24. The number of nitrogens with two attached hydrogens (primary N) is 1. The van der Waals surface area contributed by atoms with E-state index in [1.54, 1.807) is 0 Å². The average molecular weight is 313 g/mol. The number of nitrogens with zero attached hydrogens (tertiary/aromatic N) is 1. The highest BCUT2D eigenvalue weighted by Gasteiger charge is 2.35. The Balaban J connectivity index is 0.00000180. The van der Waals surface area contributed by atoms with Crippen LogP contribution in [0, 0.1) is 17.6 Å². The molecule has 8 heteroatoms. The third kappa shape index (κ3) is 3.05. The smallest absolute Gasteiger partial charge is 0.243 e. The van der Waals surface area contributed by atoms with Crippen molar-refractivity contribution < 1.29 is 17.2 Å². The molecule has 0 saturated carbocycles. The monoisotopic (exact) mass is 312 g/mol. The fraction of sp³-hybridized carbons (Fsp3) is 0.455. The van der Waals surface area contributed by atoms with E-state index in [1.165, 1.54) is 4.31 Å². The van der Waals surface area contributed by atoms with Crippen molar-refractivity contribution in [3.63, 3.8) is 0 Å². The first-order chi connectivity index (χ1) is 8.32. The Labute approximate surface area is 117 Å². The molecule has 2 unspecified atom stereocenters. The van der Waals surface area contributed by atoms with Crippen molar-refractivity contribution in [1.29, 1.82) is 0 Å². The van der Waals surface area contributed by atoms with Crippen LogP contribution >= 0.6 is 12.4 Å². The quantitative estimate of drug-likeness (QED) is 0.896. The molecular weight excluding hydrogens is 298 g/mol. The average Bonchev–Trinajstić information content (AvgIpc) is 2.64. The van der Waals surface area contributed by atoms with Crippen molar-refractivity contribution in [3.05, 3.63) is 29.8 Å². The van der Waals surface area contributed by atoms with Crippen molar-refractivity contribution in [1.82, 2.24) is 4.31 Å². The molecule has 0 amide bonds. The van der Waals surface area contributed by atoms with Gasteiger partial charge in [-0.15, -0.1) is 12.4 Å². The minimum absolute atomic E-state index is 0. The first kappa shape index (κ1) is 16.3. The number of sulfonamides is 1. The van der Waals surface area contributed by atoms with Crippen LogP contribution in [-0.2, 0) is 10.0 Å². The molecule has 1 aromatic rings. The van der Waals surface area contributed by atoms with E-state index in [0.29, 0.717) is 12.6 Å². The Morgan fingerprint density at radius 3 is 2.37 bits per heavy atom. The molecule has 1 heterocycles. The molecule has 108 valence electrons. The molecule has 0 radical (unpaired) electrons. The third-order valence-corrected chi connectivity index (χ3v) is 4.99. The zero-order valence-electron chi connectivity index (χ0n) is 10.2. The molecule has 2 atom stereocenters. The second-order valence-corrected chi connectivity index (χ2v) is 6.48. The predicted molar refractivity (Wildman–Crippen MR) is 69.5 cm³/mol. The molecule has 19 heavy (non-hydrogen) atoms. The molecule has 0 spiro atoms. The minimum Gasteiger partial charge on any atom is -0.326 e. The Morgan fingerprint density at radius 2 is 1.89 bits per heavy atom. The summed E-state index contributed by atoms with van der Waals surface area (Å²) in [6.07, 6.45) is 0. The van der Waals surface area contributed by atoms with Crippen molar-refractivity contribution in [3.8, 4) is 0 Å². The first-order valence-corrected chi connectivity index (χ1v) is 6.97. The summed E-state index contributed by atoms with van der Waals surface area (Å²) >= 11 is 0. The van der Waals surface area contributed by atoms with E-state index < -0.39 is 21.7 Å². The lowest BCUT2D eigenvalue weighted by Gasteiger charge is -2.16. The van der Waals surface area contributed by atoms with Crippen molar-refractivity contribution in [2.24, 2.45) is 11.7 Å². The summed E-state index contributed by atoms with van der Waals surface area (Å²) < 4.78 is 51.4. The molecule has 1 aliphatic rings. The van der Waals surface area contributed by atoms with Gasteiger partial charge in [0.05, 0.1) is 4.90 Å². The Bertz CT molecular complexity index is 558. The normalized spacial score (nSPS) is 24.2. The largest absolute Gasteiger partial charge is 0.326 e. The zero-order valence-corrected chi connectivity index (χ0v) is 11.8. The highest BCUT2D eigenvalue weighted by molar-refractivity contribution is 7.89. The standard InChI is InChI=1S/C11H14F2N2O2S.ClH/c1-7-5-15(6-11(7)14)18(16,17)8-2-3-9(12)10(13)4-8;/h2-4,7,11H,5-6,14H2,1H3;1H. The lowest BCUT2D eigenvalue weighted by Crippen LogP contribution is -2.32. The molecule has 4 nitrogen and oxygen atoms in total. The van der Waals surface area contributed by atoms with Gasteiger partial charge in [-0.3, -0.25) is 0 Å². The van der Waals surface area contributed by atoms with E-state index in [0.717, 1.165) is 12.1 Å². The minimum atomic E-state index is -3.80. The third-order valence-electron chi connectivity index (χ3n) is 3.17. The van der Waals surface area contributed by atoms with E-state index in [2.05, 4.69) is 0 Å². The maximum absolute atomic E-state index is 13.1. The Hall–Kier alpha value is -0.760. The fourth-order valence-electron chi connectivity index (χ4n) is 1.93. The van der Waals surface area contributed by atoms with Crippen LogP contribution in [0.2, 0.25) is 0 Å². The van der Waals surface area contributed by atoms with Gasteiger partial charge in [-0.1, -0.05) is 6.92 Å². The molecule has 1 saturated heterocycles. The van der Waals surface area contributed by atoms with Crippen molar-refractivity contribution in [2.75, 3.05) is 13.1 Å². The van der Waals surface area contributed by atoms with Gasteiger partial charge < -0.3 is 5.73 Å². The van der Waals surface area contributed by atoms with Crippen LogP contribution in [0.5, 0.6) is 0 Å². The molecule has 0 bridgehead atoms. The molecule has 1 fully saturated rings. The molecule has 0 aromatic heterocycles. The van der Waals surface area contributed by atoms with Gasteiger partial charge in [-0.2, -0.15) is 4.31 Å². The molecule has 0 aliphatic carbocycles. The molecule has 1 aromatic carbocycles. The predicted octanol–water partition coefficient (Wildman–Crippen LogP) is 1.35. The second kappa shape index (κ2) is 5.70. The first-order valence-electron chi connectivity index (χ1n) is 5.53. The lowest BCUT2D eigenvalue weighted by atomic mass is 10.1. The second-order valence-electron chi connectivity index (χ2n) is 4.54. The van der Waals surface area contributed by atoms with Crippen LogP contribution in [0.15, 0.2) is 23.1 Å². The molecule has 2 N–H and O–H groups in total. The summed E-state index contributed by atoms with van der Waals surface area (Å²) in [5.74, 6) is -2.20. The Kier molecular flexibility index (Phi) is 4.89. The highest BCUT2D eigenvalue weighted by atomic mass is 35.5. The van der Waals surface area contributed by atoms with Crippen LogP contribution in [0.25, 0.3) is 0 Å². The fourth-order valence-corrected chi connectivity index (χ4v) is 3.52. The van der Waals surface area contributed by atoms with Crippen molar-refractivity contribution in [2.45, 2.75) is 17.9 Å². The zero-order chi connectivity index (χ0) is 13.5. The van der Waals surface area contributed by atoms with E-state index in [4.69, 9.17) is 5.73 Å². The van der Waals surface area contributed by atoms with E-state index in [1.807, 2.05) is 6.92 Å². The van der Waals surface area contributed by atoms with Gasteiger partial charge in [-0.25, -0.2) is 17.2 Å². The lowest BCUT2D eigenvalue weighted by molar-refractivity contribution is 0.461. The van der Waals surface area contributed by atoms with Gasteiger partial charge in [-0.05, 0) is 24.1 Å². The number of rotatable bonds is 2. The summed E-state index contributed by atoms with van der Waals surface area (Å²) in [7, 11) is -3.80. The van der Waals surface area contributed by atoms with Gasteiger partial charge in [0.15, 0.2) is 11.6 Å².